The lowest BCUT2D eigenvalue weighted by Crippen LogP contribution is -2.31. The fraction of sp³-hybridized carbons (Fsp3) is 0.200. The van der Waals surface area contributed by atoms with E-state index in [9.17, 15) is 9.59 Å². The Hall–Kier alpha value is -5.76. The van der Waals surface area contributed by atoms with Gasteiger partial charge in [-0.25, -0.2) is 4.79 Å². The van der Waals surface area contributed by atoms with Gasteiger partial charge in [-0.2, -0.15) is 0 Å². The fourth-order valence-corrected chi connectivity index (χ4v) is 6.10. The zero-order chi connectivity index (χ0) is 33.3. The van der Waals surface area contributed by atoms with E-state index in [1.54, 1.807) is 32.4 Å². The van der Waals surface area contributed by atoms with Crippen LogP contribution in [0.4, 0.5) is 4.79 Å². The molecule has 2 N–H and O–H groups in total. The third kappa shape index (κ3) is 7.44. The first-order chi connectivity index (χ1) is 23.5. The Morgan fingerprint density at radius 2 is 1.38 bits per heavy atom. The van der Waals surface area contributed by atoms with Crippen LogP contribution in [0, 0.1) is 0 Å². The molecule has 2 amide bonds. The van der Waals surface area contributed by atoms with Crippen LogP contribution in [0.5, 0.6) is 17.2 Å². The Kier molecular flexibility index (Phi) is 10.2. The molecule has 1 atom stereocenters. The predicted molar refractivity (Wildman–Crippen MR) is 185 cm³/mol. The molecule has 0 aromatic heterocycles. The fourth-order valence-electron chi connectivity index (χ4n) is 6.10. The van der Waals surface area contributed by atoms with E-state index in [-0.39, 0.29) is 25.0 Å². The van der Waals surface area contributed by atoms with E-state index in [2.05, 4.69) is 34.9 Å². The minimum Gasteiger partial charge on any atom is -0.497 e. The lowest BCUT2D eigenvalue weighted by molar-refractivity contribution is -0.123. The molecule has 0 fully saturated rings. The Balaban J connectivity index is 1.13. The topological polar surface area (TPSA) is 95.1 Å². The number of nitrogens with one attached hydrogen (secondary N) is 2. The largest absolute Gasteiger partial charge is 0.497 e. The number of fused-ring (bicyclic) bond motifs is 3. The highest BCUT2D eigenvalue weighted by Gasteiger charge is 2.30. The number of hydrogen-bond acceptors (Lipinski definition) is 6. The Labute approximate surface area is 280 Å². The second kappa shape index (κ2) is 15.2. The van der Waals surface area contributed by atoms with Crippen LogP contribution in [0.15, 0.2) is 121 Å². The lowest BCUT2D eigenvalue weighted by Gasteiger charge is -2.23. The van der Waals surface area contributed by atoms with Gasteiger partial charge in [0.05, 0.1) is 20.3 Å². The molecule has 48 heavy (non-hydrogen) atoms. The SMILES string of the molecule is COc1ccc(C(NC(=O)OCC2c3ccccc3-c3ccccc32)c2ccc(OCC(=O)NCCc3ccccc3)cc2)c(OC)c1. The number of methoxy groups -OCH3 is 2. The maximum atomic E-state index is 13.5. The molecule has 0 radical (unpaired) electrons. The van der Waals surface area contributed by atoms with Gasteiger partial charge in [-0.3, -0.25) is 4.79 Å². The molecular formula is C40H38N2O6. The number of ether oxygens (including phenoxy) is 4. The van der Waals surface area contributed by atoms with Crippen molar-refractivity contribution in [2.24, 2.45) is 0 Å². The van der Waals surface area contributed by atoms with Crippen molar-refractivity contribution >= 4 is 12.0 Å². The highest BCUT2D eigenvalue weighted by atomic mass is 16.5. The average molecular weight is 643 g/mol. The van der Waals surface area contributed by atoms with E-state index < -0.39 is 12.1 Å². The molecule has 1 aliphatic carbocycles. The number of carbonyl (C=O) groups is 2. The molecule has 1 unspecified atom stereocenters. The van der Waals surface area contributed by atoms with Crippen molar-refractivity contribution in [3.8, 4) is 28.4 Å². The lowest BCUT2D eigenvalue weighted by atomic mass is 9.97. The molecule has 0 aliphatic heterocycles. The van der Waals surface area contributed by atoms with Crippen molar-refractivity contribution in [2.45, 2.75) is 18.4 Å². The first-order valence-corrected chi connectivity index (χ1v) is 15.9. The Morgan fingerprint density at radius 3 is 2.04 bits per heavy atom. The predicted octanol–water partition coefficient (Wildman–Crippen LogP) is 7.07. The summed E-state index contributed by atoms with van der Waals surface area (Å²) >= 11 is 0. The normalized spacial score (nSPS) is 12.3. The Bertz CT molecular complexity index is 1810. The van der Waals surface area contributed by atoms with Crippen LogP contribution >= 0.6 is 0 Å². The standard InChI is InChI=1S/C40H38N2O6/c1-45-30-20-21-35(37(24-30)46-2)39(28-16-18-29(19-17-28)47-26-38(43)41-23-22-27-10-4-3-5-11-27)42-40(44)48-25-36-33-14-8-6-12-31(33)32-13-7-9-15-34(32)36/h3-21,24,36,39H,22-23,25-26H2,1-2H3,(H,41,43)(H,42,44). The van der Waals surface area contributed by atoms with Gasteiger partial charge in [0.15, 0.2) is 6.61 Å². The number of rotatable bonds is 13. The smallest absolute Gasteiger partial charge is 0.407 e. The van der Waals surface area contributed by atoms with Crippen molar-refractivity contribution in [1.29, 1.82) is 0 Å². The number of alkyl carbamates (subject to hydrolysis) is 1. The molecule has 0 saturated carbocycles. The van der Waals surface area contributed by atoms with Crippen molar-refractivity contribution in [3.05, 3.63) is 149 Å². The first-order valence-electron chi connectivity index (χ1n) is 15.9. The summed E-state index contributed by atoms with van der Waals surface area (Å²) < 4.78 is 22.7. The van der Waals surface area contributed by atoms with Gasteiger partial charge in [0.2, 0.25) is 0 Å². The van der Waals surface area contributed by atoms with Crippen LogP contribution in [-0.2, 0) is 16.0 Å². The molecule has 5 aromatic rings. The van der Waals surface area contributed by atoms with Gasteiger partial charge >= 0.3 is 6.09 Å². The second-order valence-electron chi connectivity index (χ2n) is 11.5. The molecule has 0 bridgehead atoms. The molecule has 0 spiro atoms. The third-order valence-corrected chi connectivity index (χ3v) is 8.52. The first kappa shape index (κ1) is 32.2. The molecule has 0 saturated heterocycles. The minimum absolute atomic E-state index is 0.0657. The van der Waals surface area contributed by atoms with Crippen molar-refractivity contribution in [2.75, 3.05) is 34.0 Å². The molecule has 5 aromatic carbocycles. The zero-order valence-electron chi connectivity index (χ0n) is 27.0. The van der Waals surface area contributed by atoms with Crippen LogP contribution in [0.3, 0.4) is 0 Å². The molecule has 8 nitrogen and oxygen atoms in total. The average Bonchev–Trinajstić information content (AvgIpc) is 3.46. The van der Waals surface area contributed by atoms with Crippen LogP contribution < -0.4 is 24.8 Å². The molecule has 1 aliphatic rings. The van der Waals surface area contributed by atoms with Crippen molar-refractivity contribution < 1.29 is 28.5 Å². The molecule has 6 rings (SSSR count). The van der Waals surface area contributed by atoms with Crippen molar-refractivity contribution in [3.63, 3.8) is 0 Å². The zero-order valence-corrected chi connectivity index (χ0v) is 27.0. The van der Waals surface area contributed by atoms with Gasteiger partial charge in [-0.15, -0.1) is 0 Å². The van der Waals surface area contributed by atoms with Crippen molar-refractivity contribution in [1.82, 2.24) is 10.6 Å². The number of hydrogen-bond donors (Lipinski definition) is 2. The minimum atomic E-state index is -0.614. The van der Waals surface area contributed by atoms with Gasteiger partial charge in [0.25, 0.3) is 5.91 Å². The maximum absolute atomic E-state index is 13.5. The molecular weight excluding hydrogens is 604 g/mol. The Morgan fingerprint density at radius 1 is 0.729 bits per heavy atom. The van der Waals surface area contributed by atoms with Gasteiger partial charge in [0.1, 0.15) is 23.9 Å². The second-order valence-corrected chi connectivity index (χ2v) is 11.5. The van der Waals surface area contributed by atoms with Gasteiger partial charge < -0.3 is 29.6 Å². The highest BCUT2D eigenvalue weighted by molar-refractivity contribution is 5.79. The van der Waals surface area contributed by atoms with E-state index in [0.29, 0.717) is 23.8 Å². The van der Waals surface area contributed by atoms with Crippen LogP contribution in [0.2, 0.25) is 0 Å². The summed E-state index contributed by atoms with van der Waals surface area (Å²) in [5.41, 5.74) is 7.25. The summed E-state index contributed by atoms with van der Waals surface area (Å²) in [5, 5.41) is 5.94. The van der Waals surface area contributed by atoms with E-state index in [1.165, 1.54) is 0 Å². The third-order valence-electron chi connectivity index (χ3n) is 8.52. The summed E-state index contributed by atoms with van der Waals surface area (Å²) in [5.74, 6) is 1.43. The number of benzene rings is 5. The number of carbonyl (C=O) groups excluding carboxylic acids is 2. The van der Waals surface area contributed by atoms with Gasteiger partial charge in [-0.1, -0.05) is 91.0 Å². The van der Waals surface area contributed by atoms with Gasteiger partial charge in [0, 0.05) is 24.1 Å². The van der Waals surface area contributed by atoms with E-state index in [4.69, 9.17) is 18.9 Å². The van der Waals surface area contributed by atoms with E-state index >= 15 is 0 Å². The highest BCUT2D eigenvalue weighted by Crippen LogP contribution is 2.44. The maximum Gasteiger partial charge on any atom is 0.407 e. The summed E-state index contributed by atoms with van der Waals surface area (Å²) in [6.07, 6.45) is 0.181. The summed E-state index contributed by atoms with van der Waals surface area (Å²) in [6.45, 7) is 0.604. The van der Waals surface area contributed by atoms with Crippen LogP contribution in [-0.4, -0.2) is 46.0 Å². The summed E-state index contributed by atoms with van der Waals surface area (Å²) in [4.78, 5) is 25.8. The van der Waals surface area contributed by atoms with Crippen LogP contribution in [0.25, 0.3) is 11.1 Å². The summed E-state index contributed by atoms with van der Waals surface area (Å²) in [6, 6.07) is 38.5. The molecule has 8 heteroatoms. The van der Waals surface area contributed by atoms with Crippen LogP contribution in [0.1, 0.15) is 39.8 Å². The van der Waals surface area contributed by atoms with Gasteiger partial charge in [-0.05, 0) is 64.1 Å². The quantitative estimate of drug-likeness (QED) is 0.143. The van der Waals surface area contributed by atoms with E-state index in [1.807, 2.05) is 78.9 Å². The molecule has 244 valence electrons. The monoisotopic (exact) mass is 642 g/mol. The van der Waals surface area contributed by atoms with E-state index in [0.717, 1.165) is 45.4 Å². The number of amides is 2. The summed E-state index contributed by atoms with van der Waals surface area (Å²) in [7, 11) is 3.16. The molecule has 0 heterocycles.